The number of aromatic nitrogens is 3. The average Bonchev–Trinajstić information content (AvgIpc) is 3.16. The first kappa shape index (κ1) is 13.8. The van der Waals surface area contributed by atoms with E-state index in [2.05, 4.69) is 15.4 Å². The van der Waals surface area contributed by atoms with E-state index in [0.717, 1.165) is 29.5 Å². The van der Waals surface area contributed by atoms with Gasteiger partial charge in [0.15, 0.2) is 0 Å². The Bertz CT molecular complexity index is 632. The molecule has 1 amide bonds. The largest absolute Gasteiger partial charge is 0.368 e. The number of amides is 1. The van der Waals surface area contributed by atoms with E-state index >= 15 is 0 Å². The highest BCUT2D eigenvalue weighted by Gasteiger charge is 2.22. The third kappa shape index (κ3) is 3.28. The predicted octanol–water partition coefficient (Wildman–Crippen LogP) is 1.28. The lowest BCUT2D eigenvalue weighted by molar-refractivity contribution is -0.130. The molecule has 2 aromatic heterocycles. The van der Waals surface area contributed by atoms with Crippen LogP contribution >= 0.6 is 0 Å². The maximum Gasteiger partial charge on any atom is 0.249 e. The number of ether oxygens (including phenoxy) is 1. The fourth-order valence-electron chi connectivity index (χ4n) is 2.40. The lowest BCUT2D eigenvalue weighted by Gasteiger charge is -2.10. The van der Waals surface area contributed by atoms with Crippen molar-refractivity contribution >= 4 is 5.91 Å². The molecule has 1 unspecified atom stereocenters. The maximum atomic E-state index is 11.9. The van der Waals surface area contributed by atoms with Crippen LogP contribution in [-0.4, -0.2) is 33.4 Å². The molecule has 0 aromatic carbocycles. The van der Waals surface area contributed by atoms with Crippen LogP contribution < -0.4 is 5.32 Å². The second kappa shape index (κ2) is 6.05. The van der Waals surface area contributed by atoms with Crippen molar-refractivity contribution in [3.8, 4) is 11.1 Å². The summed E-state index contributed by atoms with van der Waals surface area (Å²) in [5, 5.41) is 7.05. The fourth-order valence-corrected chi connectivity index (χ4v) is 2.40. The van der Waals surface area contributed by atoms with E-state index in [9.17, 15) is 4.79 Å². The highest BCUT2D eigenvalue weighted by Crippen LogP contribution is 2.18. The van der Waals surface area contributed by atoms with Crippen molar-refractivity contribution in [2.45, 2.75) is 25.5 Å². The first-order valence-corrected chi connectivity index (χ1v) is 7.04. The van der Waals surface area contributed by atoms with Gasteiger partial charge in [-0.05, 0) is 24.5 Å². The van der Waals surface area contributed by atoms with Crippen molar-refractivity contribution in [1.29, 1.82) is 0 Å². The van der Waals surface area contributed by atoms with Crippen LogP contribution in [0, 0.1) is 0 Å². The number of hydrogen-bond donors (Lipinski definition) is 1. The third-order valence-electron chi connectivity index (χ3n) is 3.52. The third-order valence-corrected chi connectivity index (χ3v) is 3.52. The summed E-state index contributed by atoms with van der Waals surface area (Å²) >= 11 is 0. The summed E-state index contributed by atoms with van der Waals surface area (Å²) in [5.41, 5.74) is 2.96. The van der Waals surface area contributed by atoms with Crippen molar-refractivity contribution < 1.29 is 9.53 Å². The smallest absolute Gasteiger partial charge is 0.249 e. The van der Waals surface area contributed by atoms with Crippen molar-refractivity contribution in [3.05, 3.63) is 36.4 Å². The zero-order chi connectivity index (χ0) is 14.7. The monoisotopic (exact) mass is 286 g/mol. The van der Waals surface area contributed by atoms with E-state index in [-0.39, 0.29) is 12.0 Å². The molecular weight excluding hydrogens is 268 g/mol. The molecule has 0 saturated carbocycles. The minimum Gasteiger partial charge on any atom is -0.368 e. The van der Waals surface area contributed by atoms with Crippen LogP contribution in [0.3, 0.4) is 0 Å². The van der Waals surface area contributed by atoms with Crippen molar-refractivity contribution in [2.24, 2.45) is 7.05 Å². The Morgan fingerprint density at radius 1 is 1.43 bits per heavy atom. The van der Waals surface area contributed by atoms with E-state index in [4.69, 9.17) is 4.74 Å². The number of nitrogens with zero attached hydrogens (tertiary/aromatic N) is 3. The van der Waals surface area contributed by atoms with E-state index < -0.39 is 0 Å². The molecule has 2 aromatic rings. The number of aryl methyl sites for hydroxylation is 1. The molecule has 1 fully saturated rings. The maximum absolute atomic E-state index is 11.9. The lowest BCUT2D eigenvalue weighted by Crippen LogP contribution is -2.33. The predicted molar refractivity (Wildman–Crippen MR) is 77.3 cm³/mol. The Balaban J connectivity index is 1.64. The van der Waals surface area contributed by atoms with Gasteiger partial charge in [0.2, 0.25) is 5.91 Å². The van der Waals surface area contributed by atoms with Gasteiger partial charge in [0.25, 0.3) is 0 Å². The summed E-state index contributed by atoms with van der Waals surface area (Å²) in [6.45, 7) is 1.13. The molecule has 21 heavy (non-hydrogen) atoms. The number of rotatable bonds is 4. The molecule has 6 nitrogen and oxygen atoms in total. The first-order valence-electron chi connectivity index (χ1n) is 7.04. The highest BCUT2D eigenvalue weighted by molar-refractivity contribution is 5.81. The van der Waals surface area contributed by atoms with Crippen molar-refractivity contribution in [3.63, 3.8) is 0 Å². The molecular formula is C15H18N4O2. The van der Waals surface area contributed by atoms with Gasteiger partial charge >= 0.3 is 0 Å². The van der Waals surface area contributed by atoms with Gasteiger partial charge in [-0.25, -0.2) is 0 Å². The van der Waals surface area contributed by atoms with Gasteiger partial charge < -0.3 is 10.1 Å². The van der Waals surface area contributed by atoms with Crippen LogP contribution in [0.15, 0.2) is 30.9 Å². The molecule has 1 N–H and O–H groups in total. The van der Waals surface area contributed by atoms with Crippen LogP contribution in [0.4, 0.5) is 0 Å². The van der Waals surface area contributed by atoms with Crippen LogP contribution in [0.2, 0.25) is 0 Å². The van der Waals surface area contributed by atoms with E-state index in [1.54, 1.807) is 23.3 Å². The van der Waals surface area contributed by atoms with Crippen LogP contribution in [0.25, 0.3) is 11.1 Å². The van der Waals surface area contributed by atoms with Gasteiger partial charge in [0.1, 0.15) is 6.10 Å². The summed E-state index contributed by atoms with van der Waals surface area (Å²) in [5.74, 6) is -0.0423. The van der Waals surface area contributed by atoms with E-state index in [1.165, 1.54) is 0 Å². The second-order valence-corrected chi connectivity index (χ2v) is 5.20. The molecule has 0 aliphatic carbocycles. The van der Waals surface area contributed by atoms with Crippen LogP contribution in [-0.2, 0) is 23.1 Å². The van der Waals surface area contributed by atoms with Crippen LogP contribution in [0.1, 0.15) is 18.4 Å². The van der Waals surface area contributed by atoms with Crippen molar-refractivity contribution in [2.75, 3.05) is 6.61 Å². The summed E-state index contributed by atoms with van der Waals surface area (Å²) < 4.78 is 7.11. The molecule has 1 atom stereocenters. The minimum atomic E-state index is -0.292. The molecule has 1 aliphatic heterocycles. The van der Waals surface area contributed by atoms with Gasteiger partial charge in [-0.15, -0.1) is 0 Å². The topological polar surface area (TPSA) is 69.0 Å². The molecule has 6 heteroatoms. The lowest BCUT2D eigenvalue weighted by atomic mass is 10.1. The van der Waals surface area contributed by atoms with E-state index in [0.29, 0.717) is 13.2 Å². The molecule has 0 bridgehead atoms. The second-order valence-electron chi connectivity index (χ2n) is 5.20. The van der Waals surface area contributed by atoms with Gasteiger partial charge in [-0.3, -0.25) is 14.5 Å². The number of pyridine rings is 1. The molecule has 1 aliphatic rings. The highest BCUT2D eigenvalue weighted by atomic mass is 16.5. The quantitative estimate of drug-likeness (QED) is 0.919. The number of carbonyl (C=O) groups excluding carboxylic acids is 1. The molecule has 110 valence electrons. The normalized spacial score (nSPS) is 17.9. The Morgan fingerprint density at radius 3 is 3.05 bits per heavy atom. The Hall–Kier alpha value is -2.21. The van der Waals surface area contributed by atoms with Crippen molar-refractivity contribution in [1.82, 2.24) is 20.1 Å². The molecule has 0 radical (unpaired) electrons. The molecule has 3 rings (SSSR count). The SMILES string of the molecule is Cn1cc(-c2cncc(CNC(=O)C3CCCO3)c2)cn1. The number of carbonyl (C=O) groups is 1. The van der Waals surface area contributed by atoms with Gasteiger partial charge in [-0.1, -0.05) is 0 Å². The van der Waals surface area contributed by atoms with Gasteiger partial charge in [-0.2, -0.15) is 5.10 Å². The van der Waals surface area contributed by atoms with Gasteiger partial charge in [0.05, 0.1) is 6.20 Å². The zero-order valence-electron chi connectivity index (χ0n) is 12.0. The summed E-state index contributed by atoms with van der Waals surface area (Å²) in [7, 11) is 1.88. The average molecular weight is 286 g/mol. The zero-order valence-corrected chi connectivity index (χ0v) is 12.0. The Morgan fingerprint density at radius 2 is 2.33 bits per heavy atom. The minimum absolute atomic E-state index is 0.0423. The standard InChI is InChI=1S/C15H18N4O2/c1-19-10-13(9-18-19)12-5-11(6-16-8-12)7-17-15(20)14-3-2-4-21-14/h5-6,8-10,14H,2-4,7H2,1H3,(H,17,20). The number of hydrogen-bond acceptors (Lipinski definition) is 4. The van der Waals surface area contributed by atoms with Crippen LogP contribution in [0.5, 0.6) is 0 Å². The molecule has 0 spiro atoms. The Kier molecular flexibility index (Phi) is 3.96. The summed E-state index contributed by atoms with van der Waals surface area (Å²) in [4.78, 5) is 16.1. The summed E-state index contributed by atoms with van der Waals surface area (Å²) in [6, 6.07) is 2.01. The fraction of sp³-hybridized carbons (Fsp3) is 0.400. The summed E-state index contributed by atoms with van der Waals surface area (Å²) in [6.07, 6.45) is 8.75. The first-order chi connectivity index (χ1) is 10.2. The number of nitrogens with one attached hydrogen (secondary N) is 1. The molecule has 3 heterocycles. The van der Waals surface area contributed by atoms with E-state index in [1.807, 2.05) is 19.3 Å². The molecule has 1 saturated heterocycles. The van der Waals surface area contributed by atoms with Gasteiger partial charge in [0, 0.05) is 49.9 Å². The Labute approximate surface area is 123 Å².